The molecule has 0 aromatic rings. The second kappa shape index (κ2) is 16.9. The highest BCUT2D eigenvalue weighted by atomic mass is 28.4. The van der Waals surface area contributed by atoms with Crippen LogP contribution in [0.2, 0.25) is 18.1 Å². The predicted molar refractivity (Wildman–Crippen MR) is 123 cm³/mol. The summed E-state index contributed by atoms with van der Waals surface area (Å²) in [5.74, 6) is 0. The van der Waals surface area contributed by atoms with Crippen molar-refractivity contribution in [1.82, 2.24) is 0 Å². The van der Waals surface area contributed by atoms with Gasteiger partial charge in [-0.1, -0.05) is 11.6 Å². The Kier molecular flexibility index (Phi) is 17.0. The largest absolute Gasteiger partial charge is 0.501 e. The molecule has 0 rings (SSSR count). The van der Waals surface area contributed by atoms with Gasteiger partial charge in [0.1, 0.15) is 0 Å². The standard InChI is InChI=1S/C19H44O6Si3/c1-7-20-27(21-8-2,22-9-3)17-14-19(13-16-26)15-18-28(23-10-4,24-11-5)25-12-6/h13H,7-12,14-18H2,1-6,26H3. The lowest BCUT2D eigenvalue weighted by Crippen LogP contribution is -2.46. The van der Waals surface area contributed by atoms with Gasteiger partial charge in [0.15, 0.2) is 0 Å². The Labute approximate surface area is 178 Å². The predicted octanol–water partition coefficient (Wildman–Crippen LogP) is 3.57. The van der Waals surface area contributed by atoms with Gasteiger partial charge in [-0.15, -0.1) is 0 Å². The molecule has 0 aromatic heterocycles. The summed E-state index contributed by atoms with van der Waals surface area (Å²) in [6.45, 7) is 15.7. The summed E-state index contributed by atoms with van der Waals surface area (Å²) in [4.78, 5) is 0. The van der Waals surface area contributed by atoms with Crippen molar-refractivity contribution in [2.45, 2.75) is 72.5 Å². The zero-order valence-electron chi connectivity index (χ0n) is 19.3. The molecular weight excluding hydrogens is 408 g/mol. The van der Waals surface area contributed by atoms with Crippen LogP contribution in [0.4, 0.5) is 0 Å². The van der Waals surface area contributed by atoms with E-state index < -0.39 is 17.6 Å². The van der Waals surface area contributed by atoms with Crippen LogP contribution in [-0.2, 0) is 26.6 Å². The van der Waals surface area contributed by atoms with Crippen molar-refractivity contribution in [2.24, 2.45) is 0 Å². The van der Waals surface area contributed by atoms with Crippen LogP contribution in [0, 0.1) is 0 Å². The average Bonchev–Trinajstić information content (AvgIpc) is 2.65. The zero-order chi connectivity index (χ0) is 21.3. The molecule has 168 valence electrons. The Morgan fingerprint density at radius 2 is 0.893 bits per heavy atom. The summed E-state index contributed by atoms with van der Waals surface area (Å²) in [5, 5.41) is 0. The molecule has 0 aliphatic rings. The van der Waals surface area contributed by atoms with Crippen LogP contribution in [0.25, 0.3) is 0 Å². The first-order valence-corrected chi connectivity index (χ1v) is 16.3. The summed E-state index contributed by atoms with van der Waals surface area (Å²) in [6.07, 6.45) is 4.20. The Hall–Kier alpha value is 0.151. The Morgan fingerprint density at radius 3 is 1.11 bits per heavy atom. The topological polar surface area (TPSA) is 55.4 Å². The van der Waals surface area contributed by atoms with Gasteiger partial charge in [-0.3, -0.25) is 0 Å². The highest BCUT2D eigenvalue weighted by Crippen LogP contribution is 2.27. The quantitative estimate of drug-likeness (QED) is 0.221. The maximum Gasteiger partial charge on any atom is 0.501 e. The first kappa shape index (κ1) is 28.2. The van der Waals surface area contributed by atoms with Crippen molar-refractivity contribution in [3.05, 3.63) is 11.6 Å². The molecule has 0 amide bonds. The summed E-state index contributed by atoms with van der Waals surface area (Å²) >= 11 is 0. The summed E-state index contributed by atoms with van der Waals surface area (Å²) < 4.78 is 36.1. The maximum atomic E-state index is 6.01. The molecule has 0 aromatic carbocycles. The fourth-order valence-corrected chi connectivity index (χ4v) is 9.08. The molecule has 0 bridgehead atoms. The minimum atomic E-state index is -2.62. The second-order valence-electron chi connectivity index (χ2n) is 6.23. The highest BCUT2D eigenvalue weighted by molar-refractivity contribution is 6.61. The summed E-state index contributed by atoms with van der Waals surface area (Å²) in [6, 6.07) is 2.75. The number of hydrogen-bond donors (Lipinski definition) is 0. The molecule has 0 saturated carbocycles. The van der Waals surface area contributed by atoms with Gasteiger partial charge in [-0.25, -0.2) is 0 Å². The lowest BCUT2D eigenvalue weighted by molar-refractivity contribution is 0.0709. The van der Waals surface area contributed by atoms with Gasteiger partial charge in [-0.2, -0.15) is 0 Å². The van der Waals surface area contributed by atoms with E-state index in [-0.39, 0.29) is 0 Å². The number of rotatable bonds is 19. The molecule has 0 saturated heterocycles. The third-order valence-corrected chi connectivity index (χ3v) is 10.7. The Balaban J connectivity index is 5.16. The smallest absolute Gasteiger partial charge is 0.374 e. The Bertz CT molecular complexity index is 343. The maximum absolute atomic E-state index is 6.01. The van der Waals surface area contributed by atoms with E-state index in [4.69, 9.17) is 26.6 Å². The number of allylic oxidation sites excluding steroid dienone is 2. The van der Waals surface area contributed by atoms with Crippen molar-refractivity contribution in [1.29, 1.82) is 0 Å². The first-order valence-electron chi connectivity index (χ1n) is 11.0. The number of hydrogen-bond acceptors (Lipinski definition) is 6. The molecule has 6 nitrogen and oxygen atoms in total. The lowest BCUT2D eigenvalue weighted by atomic mass is 10.1. The molecule has 0 spiro atoms. The SMILES string of the molecule is CCO[Si](CCC(=CC[SiH3])CC[Si](OCC)(OCC)OCC)(OCC)OCC. The van der Waals surface area contributed by atoms with Crippen LogP contribution >= 0.6 is 0 Å². The Morgan fingerprint density at radius 1 is 0.607 bits per heavy atom. The van der Waals surface area contributed by atoms with Gasteiger partial charge in [0.2, 0.25) is 0 Å². The van der Waals surface area contributed by atoms with Crippen LogP contribution in [-0.4, -0.2) is 67.5 Å². The fraction of sp³-hybridized carbons (Fsp3) is 0.895. The molecule has 9 heteroatoms. The molecule has 28 heavy (non-hydrogen) atoms. The first-order chi connectivity index (χ1) is 13.5. The minimum absolute atomic E-state index is 0.612. The van der Waals surface area contributed by atoms with Crippen LogP contribution < -0.4 is 0 Å². The van der Waals surface area contributed by atoms with E-state index in [1.54, 1.807) is 0 Å². The van der Waals surface area contributed by atoms with Crippen LogP contribution in [0.1, 0.15) is 54.4 Å². The van der Waals surface area contributed by atoms with E-state index in [9.17, 15) is 0 Å². The summed E-state index contributed by atoms with van der Waals surface area (Å²) in [7, 11) is -4.09. The molecule has 0 fully saturated rings. The normalized spacial score (nSPS) is 12.5. The molecular formula is C19H44O6Si3. The van der Waals surface area contributed by atoms with Crippen LogP contribution in [0.15, 0.2) is 11.6 Å². The van der Waals surface area contributed by atoms with Crippen molar-refractivity contribution in [3.63, 3.8) is 0 Å². The highest BCUT2D eigenvalue weighted by Gasteiger charge is 2.42. The average molecular weight is 453 g/mol. The van der Waals surface area contributed by atoms with Crippen molar-refractivity contribution in [3.8, 4) is 0 Å². The van der Waals surface area contributed by atoms with Crippen molar-refractivity contribution in [2.75, 3.05) is 39.6 Å². The molecule has 0 atom stereocenters. The third kappa shape index (κ3) is 10.8. The van der Waals surface area contributed by atoms with Gasteiger partial charge < -0.3 is 26.6 Å². The van der Waals surface area contributed by atoms with Gasteiger partial charge >= 0.3 is 17.6 Å². The van der Waals surface area contributed by atoms with Crippen LogP contribution in [0.3, 0.4) is 0 Å². The van der Waals surface area contributed by atoms with Gasteiger partial charge in [0.25, 0.3) is 0 Å². The molecule has 0 radical (unpaired) electrons. The van der Waals surface area contributed by atoms with Gasteiger partial charge in [-0.05, 0) is 60.4 Å². The van der Waals surface area contributed by atoms with E-state index in [0.717, 1.165) is 41.2 Å². The summed E-state index contributed by atoms with van der Waals surface area (Å²) in [5.41, 5.74) is 1.40. The monoisotopic (exact) mass is 452 g/mol. The zero-order valence-corrected chi connectivity index (χ0v) is 23.3. The van der Waals surface area contributed by atoms with E-state index >= 15 is 0 Å². The van der Waals surface area contributed by atoms with Gasteiger partial charge in [0, 0.05) is 62.0 Å². The molecule has 0 aliphatic carbocycles. The molecule has 0 unspecified atom stereocenters. The fourth-order valence-electron chi connectivity index (χ4n) is 3.25. The van der Waals surface area contributed by atoms with E-state index in [2.05, 4.69) is 6.08 Å². The van der Waals surface area contributed by atoms with E-state index in [1.165, 1.54) is 5.57 Å². The molecule has 0 N–H and O–H groups in total. The van der Waals surface area contributed by atoms with E-state index in [1.807, 2.05) is 41.5 Å². The lowest BCUT2D eigenvalue weighted by Gasteiger charge is -2.30. The second-order valence-corrected chi connectivity index (χ2v) is 12.5. The third-order valence-electron chi connectivity index (χ3n) is 4.18. The molecule has 0 aliphatic heterocycles. The van der Waals surface area contributed by atoms with Crippen LogP contribution in [0.5, 0.6) is 0 Å². The van der Waals surface area contributed by atoms with E-state index in [0.29, 0.717) is 39.6 Å². The van der Waals surface area contributed by atoms with Crippen molar-refractivity contribution < 1.29 is 26.6 Å². The molecule has 0 heterocycles. The minimum Gasteiger partial charge on any atom is -0.374 e. The van der Waals surface area contributed by atoms with Crippen molar-refractivity contribution >= 4 is 27.9 Å². The van der Waals surface area contributed by atoms with Gasteiger partial charge in [0.05, 0.1) is 0 Å².